The van der Waals surface area contributed by atoms with Crippen LogP contribution in [0.4, 0.5) is 5.69 Å². The van der Waals surface area contributed by atoms with Crippen molar-refractivity contribution in [2.75, 3.05) is 11.4 Å². The number of carbonyl (C=O) groups excluding carboxylic acids is 1. The third-order valence-electron chi connectivity index (χ3n) is 4.75. The predicted octanol–water partition coefficient (Wildman–Crippen LogP) is 4.48. The van der Waals surface area contributed by atoms with E-state index in [0.717, 1.165) is 23.4 Å². The smallest absolute Gasteiger partial charge is 0.258 e. The minimum absolute atomic E-state index is 0.0103. The summed E-state index contributed by atoms with van der Waals surface area (Å²) in [6.07, 6.45) is 4.33. The van der Waals surface area contributed by atoms with E-state index in [1.807, 2.05) is 54.6 Å². The molecular weight excluding hydrogens is 352 g/mol. The lowest BCUT2D eigenvalue weighted by Gasteiger charge is -2.34. The Kier molecular flexibility index (Phi) is 5.24. The van der Waals surface area contributed by atoms with Crippen molar-refractivity contribution < 1.29 is 14.3 Å². The van der Waals surface area contributed by atoms with Gasteiger partial charge in [0.05, 0.1) is 12.2 Å². The van der Waals surface area contributed by atoms with E-state index in [1.54, 1.807) is 23.4 Å². The van der Waals surface area contributed by atoms with E-state index in [2.05, 4.69) is 11.9 Å². The SMILES string of the molecule is CCC1CN(C(=O)c2cccc(OCc3cccnc3)c2)c2ccccc2O1. The number of amides is 1. The molecule has 0 saturated carbocycles. The number of aromatic nitrogens is 1. The van der Waals surface area contributed by atoms with Crippen molar-refractivity contribution in [3.05, 3.63) is 84.2 Å². The average molecular weight is 374 g/mol. The number of carbonyl (C=O) groups is 1. The molecule has 2 heterocycles. The molecule has 5 heteroatoms. The highest BCUT2D eigenvalue weighted by molar-refractivity contribution is 6.07. The molecule has 1 aromatic heterocycles. The molecule has 0 saturated heterocycles. The van der Waals surface area contributed by atoms with E-state index in [9.17, 15) is 4.79 Å². The van der Waals surface area contributed by atoms with Crippen LogP contribution in [0.2, 0.25) is 0 Å². The van der Waals surface area contributed by atoms with Crippen molar-refractivity contribution >= 4 is 11.6 Å². The molecule has 0 aliphatic carbocycles. The number of nitrogens with zero attached hydrogens (tertiary/aromatic N) is 2. The van der Waals surface area contributed by atoms with Gasteiger partial charge in [-0.1, -0.05) is 31.2 Å². The summed E-state index contributed by atoms with van der Waals surface area (Å²) >= 11 is 0. The second-order valence-corrected chi connectivity index (χ2v) is 6.71. The van der Waals surface area contributed by atoms with E-state index in [1.165, 1.54) is 0 Å². The summed E-state index contributed by atoms with van der Waals surface area (Å²) in [5.74, 6) is 1.35. The zero-order valence-corrected chi connectivity index (χ0v) is 15.7. The number of fused-ring (bicyclic) bond motifs is 1. The Morgan fingerprint density at radius 1 is 1.18 bits per heavy atom. The number of ether oxygens (including phenoxy) is 2. The van der Waals surface area contributed by atoms with Gasteiger partial charge in [-0.3, -0.25) is 9.78 Å². The fourth-order valence-electron chi connectivity index (χ4n) is 3.23. The molecule has 1 aliphatic heterocycles. The molecule has 4 rings (SSSR count). The van der Waals surface area contributed by atoms with Gasteiger partial charge in [0.15, 0.2) is 0 Å². The molecule has 142 valence electrons. The van der Waals surface area contributed by atoms with Gasteiger partial charge in [-0.15, -0.1) is 0 Å². The third kappa shape index (κ3) is 3.83. The molecule has 1 aliphatic rings. The van der Waals surface area contributed by atoms with Gasteiger partial charge >= 0.3 is 0 Å². The Bertz CT molecular complexity index is 959. The molecule has 1 atom stereocenters. The highest BCUT2D eigenvalue weighted by Gasteiger charge is 2.29. The highest BCUT2D eigenvalue weighted by atomic mass is 16.5. The molecule has 1 unspecified atom stereocenters. The van der Waals surface area contributed by atoms with Gasteiger partial charge in [0.1, 0.15) is 24.2 Å². The van der Waals surface area contributed by atoms with Crippen molar-refractivity contribution in [2.24, 2.45) is 0 Å². The summed E-state index contributed by atoms with van der Waals surface area (Å²) < 4.78 is 11.8. The summed E-state index contributed by atoms with van der Waals surface area (Å²) in [7, 11) is 0. The maximum atomic E-state index is 13.3. The van der Waals surface area contributed by atoms with Crippen molar-refractivity contribution in [2.45, 2.75) is 26.1 Å². The predicted molar refractivity (Wildman–Crippen MR) is 108 cm³/mol. The van der Waals surface area contributed by atoms with E-state index in [4.69, 9.17) is 9.47 Å². The Hall–Kier alpha value is -3.34. The lowest BCUT2D eigenvalue weighted by atomic mass is 10.1. The van der Waals surface area contributed by atoms with Gasteiger partial charge in [-0.2, -0.15) is 0 Å². The quantitative estimate of drug-likeness (QED) is 0.661. The van der Waals surface area contributed by atoms with Crippen LogP contribution in [0.15, 0.2) is 73.1 Å². The monoisotopic (exact) mass is 374 g/mol. The zero-order chi connectivity index (χ0) is 19.3. The molecule has 5 nitrogen and oxygen atoms in total. The van der Waals surface area contributed by atoms with Crippen LogP contribution < -0.4 is 14.4 Å². The van der Waals surface area contributed by atoms with Crippen molar-refractivity contribution in [3.8, 4) is 11.5 Å². The van der Waals surface area contributed by atoms with Crippen molar-refractivity contribution in [3.63, 3.8) is 0 Å². The first kappa shape index (κ1) is 18.0. The summed E-state index contributed by atoms with van der Waals surface area (Å²) in [6, 6.07) is 18.8. The number of benzene rings is 2. The number of rotatable bonds is 5. The van der Waals surface area contributed by atoms with Gasteiger partial charge in [0.25, 0.3) is 5.91 Å². The van der Waals surface area contributed by atoms with Crippen LogP contribution in [-0.2, 0) is 6.61 Å². The molecule has 28 heavy (non-hydrogen) atoms. The number of anilines is 1. The first-order valence-corrected chi connectivity index (χ1v) is 9.44. The van der Waals surface area contributed by atoms with E-state index in [0.29, 0.717) is 24.5 Å². The van der Waals surface area contributed by atoms with Crippen molar-refractivity contribution in [1.29, 1.82) is 0 Å². The largest absolute Gasteiger partial charge is 0.489 e. The maximum absolute atomic E-state index is 13.3. The molecular formula is C23H22N2O3. The first-order chi connectivity index (χ1) is 13.7. The van der Waals surface area contributed by atoms with Crippen LogP contribution in [0.5, 0.6) is 11.5 Å². The molecule has 0 N–H and O–H groups in total. The third-order valence-corrected chi connectivity index (χ3v) is 4.75. The normalized spacial score (nSPS) is 15.5. The molecule has 3 aromatic rings. The number of hydrogen-bond acceptors (Lipinski definition) is 4. The second kappa shape index (κ2) is 8.13. The maximum Gasteiger partial charge on any atom is 0.258 e. The molecule has 0 spiro atoms. The average Bonchev–Trinajstić information content (AvgIpc) is 2.77. The fraction of sp³-hybridized carbons (Fsp3) is 0.217. The van der Waals surface area contributed by atoms with Crippen LogP contribution in [0.1, 0.15) is 29.3 Å². The summed E-state index contributed by atoms with van der Waals surface area (Å²) in [4.78, 5) is 19.1. The van der Waals surface area contributed by atoms with E-state index in [-0.39, 0.29) is 12.0 Å². The summed E-state index contributed by atoms with van der Waals surface area (Å²) in [5, 5.41) is 0. The lowest BCUT2D eigenvalue weighted by molar-refractivity contribution is 0.0954. The second-order valence-electron chi connectivity index (χ2n) is 6.71. The van der Waals surface area contributed by atoms with Crippen LogP contribution in [0.25, 0.3) is 0 Å². The number of para-hydroxylation sites is 2. The van der Waals surface area contributed by atoms with Gasteiger partial charge < -0.3 is 14.4 Å². The summed E-state index contributed by atoms with van der Waals surface area (Å²) in [5.41, 5.74) is 2.38. The Morgan fingerprint density at radius 2 is 2.07 bits per heavy atom. The Labute approximate surface area is 164 Å². The number of pyridine rings is 1. The minimum atomic E-state index is -0.0546. The fourth-order valence-corrected chi connectivity index (χ4v) is 3.23. The number of hydrogen-bond donors (Lipinski definition) is 0. The van der Waals surface area contributed by atoms with Crippen LogP contribution in [0.3, 0.4) is 0 Å². The molecule has 0 fully saturated rings. The van der Waals surface area contributed by atoms with E-state index >= 15 is 0 Å². The van der Waals surface area contributed by atoms with Crippen LogP contribution in [0, 0.1) is 0 Å². The zero-order valence-electron chi connectivity index (χ0n) is 15.7. The van der Waals surface area contributed by atoms with Gasteiger partial charge in [0, 0.05) is 23.5 Å². The molecule has 0 radical (unpaired) electrons. The van der Waals surface area contributed by atoms with Gasteiger partial charge in [-0.25, -0.2) is 0 Å². The minimum Gasteiger partial charge on any atom is -0.489 e. The molecule has 2 aromatic carbocycles. The standard InChI is InChI=1S/C23H22N2O3/c1-2-19-15-25(21-10-3-4-11-22(21)28-19)23(26)18-8-5-9-20(13-18)27-16-17-7-6-12-24-14-17/h3-14,19H,2,15-16H2,1H3. The van der Waals surface area contributed by atoms with Crippen LogP contribution >= 0.6 is 0 Å². The van der Waals surface area contributed by atoms with Gasteiger partial charge in [0.2, 0.25) is 0 Å². The van der Waals surface area contributed by atoms with Crippen molar-refractivity contribution in [1.82, 2.24) is 4.98 Å². The molecule has 1 amide bonds. The van der Waals surface area contributed by atoms with E-state index < -0.39 is 0 Å². The lowest BCUT2D eigenvalue weighted by Crippen LogP contribution is -2.43. The Balaban J connectivity index is 1.55. The van der Waals surface area contributed by atoms with Gasteiger partial charge in [-0.05, 0) is 42.8 Å². The van der Waals surface area contributed by atoms with Crippen LogP contribution in [-0.4, -0.2) is 23.5 Å². The topological polar surface area (TPSA) is 51.7 Å². The molecule has 0 bridgehead atoms. The first-order valence-electron chi connectivity index (χ1n) is 9.44. The summed E-state index contributed by atoms with van der Waals surface area (Å²) in [6.45, 7) is 3.01. The Morgan fingerprint density at radius 3 is 2.89 bits per heavy atom. The highest BCUT2D eigenvalue weighted by Crippen LogP contribution is 2.34.